The third kappa shape index (κ3) is 5.19. The zero-order valence-corrected chi connectivity index (χ0v) is 23.8. The number of piperazine rings is 1. The normalized spacial score (nSPS) is 24.8. The van der Waals surface area contributed by atoms with E-state index in [1.54, 1.807) is 6.07 Å². The highest BCUT2D eigenvalue weighted by atomic mass is 35.5. The Balaban J connectivity index is 1.49. The number of hydrogen-bond acceptors (Lipinski definition) is 8. The van der Waals surface area contributed by atoms with Crippen LogP contribution in [0.2, 0.25) is 5.02 Å². The maximum absolute atomic E-state index is 14.2. The molecule has 5 heterocycles. The molecule has 0 radical (unpaired) electrons. The van der Waals surface area contributed by atoms with Gasteiger partial charge in [-0.05, 0) is 70.0 Å². The van der Waals surface area contributed by atoms with E-state index in [0.717, 1.165) is 32.2 Å². The average Bonchev–Trinajstić information content (AvgIpc) is 3.46. The van der Waals surface area contributed by atoms with Crippen LogP contribution in [0.5, 0.6) is 6.01 Å². The molecule has 3 fully saturated rings. The van der Waals surface area contributed by atoms with Crippen LogP contribution in [0, 0.1) is 6.92 Å². The molecule has 3 aliphatic rings. The fourth-order valence-corrected chi connectivity index (χ4v) is 6.77. The molecule has 3 N–H and O–H groups in total. The van der Waals surface area contributed by atoms with Crippen LogP contribution in [0.1, 0.15) is 36.8 Å². The smallest absolute Gasteiger partial charge is 0.418 e. The maximum Gasteiger partial charge on any atom is 0.418 e. The van der Waals surface area contributed by atoms with E-state index >= 15 is 0 Å². The second-order valence-electron chi connectivity index (χ2n) is 11.5. The fraction of sp³-hybridized carbons (Fsp3) is 0.483. The molecule has 3 aliphatic heterocycles. The Kier molecular flexibility index (Phi) is 7.02. The first-order valence-electron chi connectivity index (χ1n) is 13.8. The molecule has 2 aromatic heterocycles. The molecule has 6 rings (SSSR count). The summed E-state index contributed by atoms with van der Waals surface area (Å²) >= 11 is 6.72. The Bertz CT molecular complexity index is 1520. The van der Waals surface area contributed by atoms with Gasteiger partial charge in [-0.3, -0.25) is 0 Å². The van der Waals surface area contributed by atoms with Gasteiger partial charge in [0.2, 0.25) is 0 Å². The van der Waals surface area contributed by atoms with E-state index in [2.05, 4.69) is 38.7 Å². The van der Waals surface area contributed by atoms with Crippen molar-refractivity contribution in [3.05, 3.63) is 47.0 Å². The summed E-state index contributed by atoms with van der Waals surface area (Å²) in [5.41, 5.74) is 4.91. The van der Waals surface area contributed by atoms with Gasteiger partial charge >= 0.3 is 12.2 Å². The Morgan fingerprint density at radius 3 is 2.76 bits per heavy atom. The predicted octanol–water partition coefficient (Wildman–Crippen LogP) is 5.22. The first kappa shape index (κ1) is 28.0. The number of nitrogens with one attached hydrogen (secondary N) is 1. The van der Waals surface area contributed by atoms with E-state index in [4.69, 9.17) is 27.1 Å². The molecule has 1 aromatic carbocycles. The monoisotopic (exact) mass is 587 g/mol. The quantitative estimate of drug-likeness (QED) is 0.379. The minimum absolute atomic E-state index is 0.0271. The highest BCUT2D eigenvalue weighted by Gasteiger charge is 2.43. The van der Waals surface area contributed by atoms with E-state index < -0.39 is 11.7 Å². The Labute approximate surface area is 241 Å². The molecule has 218 valence electrons. The van der Waals surface area contributed by atoms with Crippen LogP contribution in [0.15, 0.2) is 30.9 Å². The highest BCUT2D eigenvalue weighted by molar-refractivity contribution is 6.34. The zero-order valence-electron chi connectivity index (χ0n) is 23.1. The number of nitrogens with two attached hydrogens (primary N) is 1. The molecule has 3 saturated heterocycles. The summed E-state index contributed by atoms with van der Waals surface area (Å²) in [5, 5.41) is 4.39. The second-order valence-corrected chi connectivity index (χ2v) is 11.9. The van der Waals surface area contributed by atoms with Gasteiger partial charge in [-0.15, -0.1) is 6.58 Å². The van der Waals surface area contributed by atoms with E-state index in [1.807, 2.05) is 6.08 Å². The maximum atomic E-state index is 14.2. The number of ether oxygens (including phenoxy) is 1. The number of nitrogen functional groups attached to an aromatic ring is 1. The standard InChI is InChI=1S/C29H33ClF3N7O/c1-4-28-8-7-17(38-28)13-40(15-28)26-20-11-21(30)19(25-24(29(31,32)33)16(2)10-23(34)36-25)12-22(20)35-27(37-26)41-14-18-6-5-9-39(18)3/h4,10-12,17-18,38H,1,5-9,13-15H2,2-3H3,(H2,34,36). The average molecular weight is 588 g/mol. The van der Waals surface area contributed by atoms with Crippen molar-refractivity contribution in [1.29, 1.82) is 0 Å². The van der Waals surface area contributed by atoms with Crippen molar-refractivity contribution in [1.82, 2.24) is 25.2 Å². The van der Waals surface area contributed by atoms with Gasteiger partial charge in [0.25, 0.3) is 0 Å². The number of rotatable bonds is 6. The minimum Gasteiger partial charge on any atom is -0.462 e. The number of pyridine rings is 1. The van der Waals surface area contributed by atoms with Gasteiger partial charge in [0.1, 0.15) is 18.2 Å². The molecule has 3 aromatic rings. The third-order valence-corrected chi connectivity index (χ3v) is 8.94. The summed E-state index contributed by atoms with van der Waals surface area (Å²) in [4.78, 5) is 18.0. The fourth-order valence-electron chi connectivity index (χ4n) is 6.51. The van der Waals surface area contributed by atoms with E-state index in [1.165, 1.54) is 19.1 Å². The number of hydrogen-bond donors (Lipinski definition) is 2. The van der Waals surface area contributed by atoms with Crippen LogP contribution in [0.25, 0.3) is 22.2 Å². The number of nitrogens with zero attached hydrogens (tertiary/aromatic N) is 5. The lowest BCUT2D eigenvalue weighted by atomic mass is 9.96. The Morgan fingerprint density at radius 2 is 2.05 bits per heavy atom. The predicted molar refractivity (Wildman–Crippen MR) is 154 cm³/mol. The molecule has 0 spiro atoms. The summed E-state index contributed by atoms with van der Waals surface area (Å²) in [7, 11) is 2.06. The number of benzene rings is 1. The SMILES string of the molecule is C=CC12CCC(CN(c3nc(OCC4CCCN4C)nc4cc(-c5nc(N)cc(C)c5C(F)(F)F)c(Cl)cc34)C1)N2. The topological polar surface area (TPSA) is 92.4 Å². The lowest BCUT2D eigenvalue weighted by Crippen LogP contribution is -2.58. The number of aromatic nitrogens is 3. The van der Waals surface area contributed by atoms with Gasteiger partial charge in [0.15, 0.2) is 0 Å². The molecule has 41 heavy (non-hydrogen) atoms. The second kappa shape index (κ2) is 10.3. The van der Waals surface area contributed by atoms with Crippen molar-refractivity contribution >= 4 is 34.1 Å². The van der Waals surface area contributed by atoms with Crippen molar-refractivity contribution in [2.45, 2.75) is 56.4 Å². The summed E-state index contributed by atoms with van der Waals surface area (Å²) in [5.74, 6) is 0.603. The van der Waals surface area contributed by atoms with Gasteiger partial charge in [-0.1, -0.05) is 17.7 Å². The van der Waals surface area contributed by atoms with Crippen LogP contribution >= 0.6 is 11.6 Å². The Hall–Kier alpha value is -3.15. The van der Waals surface area contributed by atoms with Crippen LogP contribution in [0.3, 0.4) is 0 Å². The van der Waals surface area contributed by atoms with Crippen LogP contribution < -0.4 is 20.7 Å². The van der Waals surface area contributed by atoms with Crippen LogP contribution in [-0.2, 0) is 6.18 Å². The van der Waals surface area contributed by atoms with Gasteiger partial charge in [-0.2, -0.15) is 23.1 Å². The number of likely N-dealkylation sites (tertiary alicyclic amines) is 1. The number of fused-ring (bicyclic) bond motifs is 3. The molecule has 12 heteroatoms. The van der Waals surface area contributed by atoms with E-state index in [-0.39, 0.29) is 51.3 Å². The zero-order chi connectivity index (χ0) is 29.1. The van der Waals surface area contributed by atoms with Crippen molar-refractivity contribution in [2.24, 2.45) is 0 Å². The summed E-state index contributed by atoms with van der Waals surface area (Å²) < 4.78 is 48.7. The molecule has 3 unspecified atom stereocenters. The van der Waals surface area contributed by atoms with Crippen LogP contribution in [-0.4, -0.2) is 70.8 Å². The van der Waals surface area contributed by atoms with Gasteiger partial charge in [0, 0.05) is 36.1 Å². The lowest BCUT2D eigenvalue weighted by Gasteiger charge is -2.40. The first-order valence-corrected chi connectivity index (χ1v) is 14.2. The first-order chi connectivity index (χ1) is 19.5. The van der Waals surface area contributed by atoms with E-state index in [9.17, 15) is 13.2 Å². The largest absolute Gasteiger partial charge is 0.462 e. The van der Waals surface area contributed by atoms with Crippen molar-refractivity contribution in [2.75, 3.05) is 43.9 Å². The summed E-state index contributed by atoms with van der Waals surface area (Å²) in [6, 6.07) is 5.04. The van der Waals surface area contributed by atoms with Gasteiger partial charge < -0.3 is 25.6 Å². The van der Waals surface area contributed by atoms with Crippen molar-refractivity contribution in [3.8, 4) is 17.3 Å². The minimum atomic E-state index is -4.66. The molecule has 8 nitrogen and oxygen atoms in total. The number of likely N-dealkylation sites (N-methyl/N-ethyl adjacent to an activating group) is 1. The van der Waals surface area contributed by atoms with Crippen molar-refractivity contribution < 1.29 is 17.9 Å². The van der Waals surface area contributed by atoms with Gasteiger partial charge in [0.05, 0.1) is 27.3 Å². The molecular formula is C29H33ClF3N7O. The molecular weight excluding hydrogens is 555 g/mol. The molecule has 3 atom stereocenters. The lowest BCUT2D eigenvalue weighted by molar-refractivity contribution is -0.137. The molecule has 0 aliphatic carbocycles. The van der Waals surface area contributed by atoms with Gasteiger partial charge in [-0.25, -0.2) is 4.98 Å². The van der Waals surface area contributed by atoms with Crippen molar-refractivity contribution in [3.63, 3.8) is 0 Å². The summed E-state index contributed by atoms with van der Waals surface area (Å²) in [6.45, 7) is 8.18. The third-order valence-electron chi connectivity index (χ3n) is 8.63. The number of aryl methyl sites for hydroxylation is 1. The van der Waals surface area contributed by atoms with Crippen LogP contribution in [0.4, 0.5) is 24.8 Å². The number of halogens is 4. The molecule has 0 saturated carbocycles. The highest BCUT2D eigenvalue weighted by Crippen LogP contribution is 2.43. The molecule has 0 amide bonds. The number of anilines is 2. The summed E-state index contributed by atoms with van der Waals surface area (Å²) in [6.07, 6.45) is 1.37. The molecule has 2 bridgehead atoms. The Morgan fingerprint density at radius 1 is 1.24 bits per heavy atom. The van der Waals surface area contributed by atoms with E-state index in [0.29, 0.717) is 36.4 Å². The number of alkyl halides is 3.